The lowest BCUT2D eigenvalue weighted by atomic mass is 9.99. The molecule has 0 aromatic heterocycles. The van der Waals surface area contributed by atoms with Gasteiger partial charge in [-0.3, -0.25) is 9.59 Å². The monoisotopic (exact) mass is 442 g/mol. The van der Waals surface area contributed by atoms with Gasteiger partial charge in [0.25, 0.3) is 0 Å². The minimum absolute atomic E-state index is 0.578. The molecule has 2 heterocycles. The van der Waals surface area contributed by atoms with Crippen LogP contribution in [0.4, 0.5) is 0 Å². The maximum Gasteiger partial charge on any atom is 0.308 e. The van der Waals surface area contributed by atoms with E-state index in [-0.39, 0.29) is 0 Å². The molecule has 14 nitrogen and oxygen atoms in total. The Balaban J connectivity index is 1.82. The average molecular weight is 442 g/mol. The predicted molar refractivity (Wildman–Crippen MR) is 89.0 cm³/mol. The normalized spacial score (nSPS) is 41.9. The first kappa shape index (κ1) is 24.8. The lowest BCUT2D eigenvalue weighted by Gasteiger charge is -2.39. The summed E-state index contributed by atoms with van der Waals surface area (Å²) in [5, 5.41) is 76.3. The first-order valence-electron chi connectivity index (χ1n) is 9.10. The molecule has 30 heavy (non-hydrogen) atoms. The van der Waals surface area contributed by atoms with E-state index >= 15 is 0 Å². The van der Waals surface area contributed by atoms with Gasteiger partial charge in [-0.2, -0.15) is 0 Å². The number of carbonyl (C=O) groups is 2. The van der Waals surface area contributed by atoms with E-state index in [2.05, 4.69) is 0 Å². The van der Waals surface area contributed by atoms with Gasteiger partial charge in [-0.15, -0.1) is 0 Å². The third-order valence-corrected chi connectivity index (χ3v) is 4.73. The highest BCUT2D eigenvalue weighted by molar-refractivity contribution is 5.77. The molecule has 2 saturated heterocycles. The Bertz CT molecular complexity index is 532. The summed E-state index contributed by atoms with van der Waals surface area (Å²) in [7, 11) is 0. The average Bonchev–Trinajstić information content (AvgIpc) is 2.73. The number of ether oxygens (including phenoxy) is 4. The third-order valence-electron chi connectivity index (χ3n) is 4.73. The van der Waals surface area contributed by atoms with Gasteiger partial charge in [0.1, 0.15) is 48.8 Å². The maximum absolute atomic E-state index is 11.9. The Kier molecular flexibility index (Phi) is 8.86. The van der Waals surface area contributed by atoms with E-state index in [0.29, 0.717) is 0 Å². The molecule has 0 saturated carbocycles. The van der Waals surface area contributed by atoms with Crippen LogP contribution >= 0.6 is 0 Å². The SMILES string of the molecule is O=C(CCC(=O)O[C@H]1O[C@H](CO)[C@H](O)[C@H](O)[C@H]1O)O[C@H]1O[C@H](CO)[C@H](O)[C@H](O)[C@H]1O. The summed E-state index contributed by atoms with van der Waals surface area (Å²) >= 11 is 0. The van der Waals surface area contributed by atoms with Gasteiger partial charge in [0.15, 0.2) is 0 Å². The standard InChI is InChI=1S/C16H26O14/c17-3-5-9(21)11(23)13(25)15(27-5)29-7(19)1-2-8(20)30-16-14(26)12(24)10(22)6(4-18)28-16/h5-6,9-18,21-26H,1-4H2/t5-,6-,9+,10+,11+,12+,13-,14-,15-,16-/m1/s1. The molecular formula is C16H26O14. The number of rotatable bonds is 7. The Hall–Kier alpha value is -1.46. The Morgan fingerprint density at radius 3 is 1.23 bits per heavy atom. The molecule has 0 radical (unpaired) electrons. The predicted octanol–water partition coefficient (Wildman–Crippen LogP) is -5.55. The molecule has 0 unspecified atom stereocenters. The number of esters is 2. The van der Waals surface area contributed by atoms with Crippen LogP contribution in [-0.2, 0) is 28.5 Å². The Morgan fingerprint density at radius 1 is 0.600 bits per heavy atom. The van der Waals surface area contributed by atoms with Crippen LogP contribution in [0.1, 0.15) is 12.8 Å². The highest BCUT2D eigenvalue weighted by Crippen LogP contribution is 2.24. The van der Waals surface area contributed by atoms with Crippen LogP contribution in [0.15, 0.2) is 0 Å². The van der Waals surface area contributed by atoms with E-state index in [0.717, 1.165) is 0 Å². The van der Waals surface area contributed by atoms with Gasteiger partial charge in [-0.1, -0.05) is 0 Å². The molecule has 0 aromatic rings. The highest BCUT2D eigenvalue weighted by Gasteiger charge is 2.46. The van der Waals surface area contributed by atoms with Gasteiger partial charge in [-0.05, 0) is 0 Å². The topological polar surface area (TPSA) is 233 Å². The molecule has 2 aliphatic rings. The van der Waals surface area contributed by atoms with Gasteiger partial charge in [0.2, 0.25) is 12.6 Å². The van der Waals surface area contributed by atoms with Crippen molar-refractivity contribution in [1.82, 2.24) is 0 Å². The van der Waals surface area contributed by atoms with Crippen molar-refractivity contribution in [3.05, 3.63) is 0 Å². The molecule has 14 heteroatoms. The summed E-state index contributed by atoms with van der Waals surface area (Å²) in [6.45, 7) is -1.44. The maximum atomic E-state index is 11.9. The van der Waals surface area contributed by atoms with Crippen molar-refractivity contribution < 1.29 is 69.4 Å². The third kappa shape index (κ3) is 5.61. The molecule has 0 spiro atoms. The summed E-state index contributed by atoms with van der Waals surface area (Å²) in [6, 6.07) is 0. The molecule has 0 amide bonds. The molecule has 174 valence electrons. The molecule has 2 fully saturated rings. The quantitative estimate of drug-likeness (QED) is 0.172. The van der Waals surface area contributed by atoms with E-state index < -0.39 is 99.4 Å². The molecule has 0 aromatic carbocycles. The number of carbonyl (C=O) groups excluding carboxylic acids is 2. The second-order valence-corrected chi connectivity index (χ2v) is 6.87. The minimum Gasteiger partial charge on any atom is -0.433 e. The molecule has 2 rings (SSSR count). The van der Waals surface area contributed by atoms with Crippen LogP contribution in [0.25, 0.3) is 0 Å². The smallest absolute Gasteiger partial charge is 0.308 e. The summed E-state index contributed by atoms with van der Waals surface area (Å²) in [6.07, 6.45) is -17.5. The second kappa shape index (κ2) is 10.7. The van der Waals surface area contributed by atoms with Crippen LogP contribution in [-0.4, -0.2) is 127 Å². The van der Waals surface area contributed by atoms with E-state index in [1.165, 1.54) is 0 Å². The second-order valence-electron chi connectivity index (χ2n) is 6.87. The van der Waals surface area contributed by atoms with Gasteiger partial charge in [0, 0.05) is 0 Å². The fourth-order valence-corrected chi connectivity index (χ4v) is 2.91. The van der Waals surface area contributed by atoms with Crippen LogP contribution in [0, 0.1) is 0 Å². The minimum atomic E-state index is -1.80. The first-order valence-corrected chi connectivity index (χ1v) is 9.10. The summed E-state index contributed by atoms with van der Waals surface area (Å²) in [5.74, 6) is -2.10. The van der Waals surface area contributed by atoms with Crippen LogP contribution in [0.3, 0.4) is 0 Å². The fraction of sp³-hybridized carbons (Fsp3) is 0.875. The van der Waals surface area contributed by atoms with Gasteiger partial charge in [0.05, 0.1) is 26.1 Å². The van der Waals surface area contributed by atoms with E-state index in [9.17, 15) is 40.2 Å². The molecule has 0 aliphatic carbocycles. The van der Waals surface area contributed by atoms with Crippen molar-refractivity contribution in [1.29, 1.82) is 0 Å². The van der Waals surface area contributed by atoms with Crippen LogP contribution in [0.2, 0.25) is 0 Å². The van der Waals surface area contributed by atoms with Crippen molar-refractivity contribution in [2.45, 2.75) is 74.3 Å². The van der Waals surface area contributed by atoms with Crippen LogP contribution in [0.5, 0.6) is 0 Å². The summed E-state index contributed by atoms with van der Waals surface area (Å²) in [5.41, 5.74) is 0. The Labute approximate surface area is 169 Å². The van der Waals surface area contributed by atoms with Gasteiger partial charge >= 0.3 is 11.9 Å². The first-order chi connectivity index (χ1) is 14.1. The van der Waals surface area contributed by atoms with E-state index in [4.69, 9.17) is 29.2 Å². The van der Waals surface area contributed by atoms with Crippen molar-refractivity contribution in [2.75, 3.05) is 13.2 Å². The summed E-state index contributed by atoms with van der Waals surface area (Å²) < 4.78 is 19.6. The molecule has 0 bridgehead atoms. The zero-order valence-corrected chi connectivity index (χ0v) is 15.6. The number of hydrogen-bond donors (Lipinski definition) is 8. The van der Waals surface area contributed by atoms with Crippen LogP contribution < -0.4 is 0 Å². The van der Waals surface area contributed by atoms with Crippen molar-refractivity contribution in [3.8, 4) is 0 Å². The zero-order chi connectivity index (χ0) is 22.6. The van der Waals surface area contributed by atoms with Crippen molar-refractivity contribution in [2.24, 2.45) is 0 Å². The fourth-order valence-electron chi connectivity index (χ4n) is 2.91. The highest BCUT2D eigenvalue weighted by atomic mass is 16.7. The van der Waals surface area contributed by atoms with Gasteiger partial charge in [-0.25, -0.2) is 0 Å². The molecule has 8 N–H and O–H groups in total. The lowest BCUT2D eigenvalue weighted by molar-refractivity contribution is -0.294. The number of aliphatic hydroxyl groups excluding tert-OH is 8. The van der Waals surface area contributed by atoms with Gasteiger partial charge < -0.3 is 59.8 Å². The molecular weight excluding hydrogens is 416 g/mol. The zero-order valence-electron chi connectivity index (χ0n) is 15.6. The Morgan fingerprint density at radius 2 is 0.933 bits per heavy atom. The van der Waals surface area contributed by atoms with Crippen molar-refractivity contribution in [3.63, 3.8) is 0 Å². The molecule has 10 atom stereocenters. The molecule has 2 aliphatic heterocycles. The largest absolute Gasteiger partial charge is 0.433 e. The summed E-state index contributed by atoms with van der Waals surface area (Å²) in [4.78, 5) is 23.8. The van der Waals surface area contributed by atoms with E-state index in [1.54, 1.807) is 0 Å². The van der Waals surface area contributed by atoms with Crippen molar-refractivity contribution >= 4 is 11.9 Å². The number of aliphatic hydroxyl groups is 8. The number of hydrogen-bond acceptors (Lipinski definition) is 14. The lowest BCUT2D eigenvalue weighted by Crippen LogP contribution is -2.59. The van der Waals surface area contributed by atoms with E-state index in [1.807, 2.05) is 0 Å².